The fourth-order valence-electron chi connectivity index (χ4n) is 2.62. The Bertz CT molecular complexity index is 1230. The van der Waals surface area contributed by atoms with E-state index in [1.165, 1.54) is 54.6 Å². The molecule has 8 heteroatoms. The molecule has 0 atom stereocenters. The van der Waals surface area contributed by atoms with E-state index in [0.29, 0.717) is 5.02 Å². The van der Waals surface area contributed by atoms with E-state index in [1.807, 2.05) is 0 Å². The van der Waals surface area contributed by atoms with Crippen LogP contribution in [0.3, 0.4) is 0 Å². The van der Waals surface area contributed by atoms with Gasteiger partial charge in [0.1, 0.15) is 29.1 Å². The van der Waals surface area contributed by atoms with Gasteiger partial charge >= 0.3 is 0 Å². The van der Waals surface area contributed by atoms with Gasteiger partial charge in [-0.05, 0) is 48.5 Å². The summed E-state index contributed by atoms with van der Waals surface area (Å²) in [5.74, 6) is -0.312. The van der Waals surface area contributed by atoms with E-state index in [1.54, 1.807) is 24.3 Å². The SMILES string of the molecule is N#CC(=Cc1cc(Cl)ccc1OCc1c(F)cccc1Cl)S(=O)(=O)c1ccccc1. The first-order valence-corrected chi connectivity index (χ1v) is 10.8. The second-order valence-corrected chi connectivity index (χ2v) is 8.87. The number of benzene rings is 3. The predicted molar refractivity (Wildman–Crippen MR) is 114 cm³/mol. The summed E-state index contributed by atoms with van der Waals surface area (Å²) in [4.78, 5) is -0.495. The van der Waals surface area contributed by atoms with Crippen LogP contribution < -0.4 is 4.74 Å². The zero-order chi connectivity index (χ0) is 21.7. The molecular weight excluding hydrogens is 448 g/mol. The lowest BCUT2D eigenvalue weighted by Gasteiger charge is -2.12. The smallest absolute Gasteiger partial charge is 0.216 e. The predicted octanol–water partition coefficient (Wildman–Crippen LogP) is 6.05. The van der Waals surface area contributed by atoms with Crippen molar-refractivity contribution in [3.05, 3.63) is 98.6 Å². The van der Waals surface area contributed by atoms with Gasteiger partial charge in [0.15, 0.2) is 0 Å². The molecule has 3 aromatic carbocycles. The zero-order valence-electron chi connectivity index (χ0n) is 15.3. The number of ether oxygens (including phenoxy) is 1. The Morgan fingerprint density at radius 2 is 1.80 bits per heavy atom. The first kappa shape index (κ1) is 21.8. The molecule has 3 aromatic rings. The molecule has 0 aliphatic carbocycles. The second-order valence-electron chi connectivity index (χ2n) is 6.11. The number of nitrogens with zero attached hydrogens (tertiary/aromatic N) is 1. The Morgan fingerprint density at radius 3 is 2.47 bits per heavy atom. The lowest BCUT2D eigenvalue weighted by atomic mass is 10.2. The van der Waals surface area contributed by atoms with Crippen LogP contribution >= 0.6 is 23.2 Å². The number of rotatable bonds is 6. The molecule has 0 aliphatic heterocycles. The molecule has 4 nitrogen and oxygen atoms in total. The van der Waals surface area contributed by atoms with Crippen molar-refractivity contribution in [3.63, 3.8) is 0 Å². The summed E-state index contributed by atoms with van der Waals surface area (Å²) in [5.41, 5.74) is 0.410. The molecule has 3 rings (SSSR count). The van der Waals surface area contributed by atoms with Crippen LogP contribution in [-0.4, -0.2) is 8.42 Å². The summed E-state index contributed by atoms with van der Waals surface area (Å²) in [6.07, 6.45) is 1.17. The molecule has 0 aliphatic rings. The van der Waals surface area contributed by atoms with Crippen LogP contribution in [0.5, 0.6) is 5.75 Å². The van der Waals surface area contributed by atoms with Gasteiger partial charge in [0.2, 0.25) is 9.84 Å². The van der Waals surface area contributed by atoms with Gasteiger partial charge < -0.3 is 4.74 Å². The molecule has 0 N–H and O–H groups in total. The van der Waals surface area contributed by atoms with Crippen molar-refractivity contribution in [1.29, 1.82) is 5.26 Å². The molecule has 0 unspecified atom stereocenters. The zero-order valence-corrected chi connectivity index (χ0v) is 17.7. The number of hydrogen-bond acceptors (Lipinski definition) is 4. The van der Waals surface area contributed by atoms with Gasteiger partial charge in [0.05, 0.1) is 9.92 Å². The normalized spacial score (nSPS) is 11.7. The first-order chi connectivity index (χ1) is 14.3. The largest absolute Gasteiger partial charge is 0.488 e. The third-order valence-corrected chi connectivity index (χ3v) is 6.42. The van der Waals surface area contributed by atoms with Gasteiger partial charge in [-0.15, -0.1) is 0 Å². The van der Waals surface area contributed by atoms with Crippen molar-refractivity contribution in [1.82, 2.24) is 0 Å². The van der Waals surface area contributed by atoms with Crippen LogP contribution in [0.1, 0.15) is 11.1 Å². The van der Waals surface area contributed by atoms with Gasteiger partial charge in [-0.25, -0.2) is 12.8 Å². The molecular formula is C22H14Cl2FNO3S. The highest BCUT2D eigenvalue weighted by Crippen LogP contribution is 2.30. The summed E-state index contributed by atoms with van der Waals surface area (Å²) < 4.78 is 45.3. The number of halogens is 3. The van der Waals surface area contributed by atoms with E-state index >= 15 is 0 Å². The van der Waals surface area contributed by atoms with Crippen molar-refractivity contribution in [2.45, 2.75) is 11.5 Å². The van der Waals surface area contributed by atoms with Crippen LogP contribution in [0.2, 0.25) is 10.0 Å². The number of sulfone groups is 1. The number of hydrogen-bond donors (Lipinski definition) is 0. The Balaban J connectivity index is 2.00. The van der Waals surface area contributed by atoms with E-state index in [2.05, 4.69) is 0 Å². The lowest BCUT2D eigenvalue weighted by molar-refractivity contribution is 0.299. The van der Waals surface area contributed by atoms with Gasteiger partial charge in [0, 0.05) is 16.1 Å². The third-order valence-electron chi connectivity index (χ3n) is 4.15. The lowest BCUT2D eigenvalue weighted by Crippen LogP contribution is -2.04. The molecule has 0 fully saturated rings. The second kappa shape index (κ2) is 9.31. The van der Waals surface area contributed by atoms with Crippen LogP contribution in [0, 0.1) is 17.1 Å². The minimum atomic E-state index is -4.04. The monoisotopic (exact) mass is 461 g/mol. The summed E-state index contributed by atoms with van der Waals surface area (Å²) in [7, 11) is -4.04. The highest BCUT2D eigenvalue weighted by atomic mass is 35.5. The average Bonchev–Trinajstić information content (AvgIpc) is 2.73. The van der Waals surface area contributed by atoms with E-state index in [9.17, 15) is 18.1 Å². The highest BCUT2D eigenvalue weighted by molar-refractivity contribution is 7.95. The van der Waals surface area contributed by atoms with Crippen LogP contribution in [-0.2, 0) is 16.4 Å². The molecule has 0 amide bonds. The molecule has 152 valence electrons. The topological polar surface area (TPSA) is 67.2 Å². The van der Waals surface area contributed by atoms with Gasteiger partial charge in [0.25, 0.3) is 0 Å². The minimum Gasteiger partial charge on any atom is -0.488 e. The fraction of sp³-hybridized carbons (Fsp3) is 0.0455. The molecule has 0 radical (unpaired) electrons. The number of nitriles is 1. The summed E-state index contributed by atoms with van der Waals surface area (Å²) in [6, 6.07) is 18.1. The van der Waals surface area contributed by atoms with Crippen LogP contribution in [0.4, 0.5) is 4.39 Å². The van der Waals surface area contributed by atoms with Crippen LogP contribution in [0.25, 0.3) is 6.08 Å². The summed E-state index contributed by atoms with van der Waals surface area (Å²) >= 11 is 12.1. The fourth-order valence-corrected chi connectivity index (χ4v) is 4.19. The van der Waals surface area contributed by atoms with E-state index in [4.69, 9.17) is 27.9 Å². The van der Waals surface area contributed by atoms with Crippen molar-refractivity contribution < 1.29 is 17.5 Å². The maximum atomic E-state index is 14.0. The summed E-state index contributed by atoms with van der Waals surface area (Å²) in [6.45, 7) is -0.193. The maximum Gasteiger partial charge on any atom is 0.216 e. The molecule has 0 aromatic heterocycles. The Labute approximate surface area is 183 Å². The molecule has 0 spiro atoms. The Morgan fingerprint density at radius 1 is 1.07 bits per heavy atom. The van der Waals surface area contributed by atoms with Crippen molar-refractivity contribution in [2.24, 2.45) is 0 Å². The first-order valence-electron chi connectivity index (χ1n) is 8.60. The molecule has 0 saturated heterocycles. The third kappa shape index (κ3) is 4.82. The van der Waals surface area contributed by atoms with E-state index in [0.717, 1.165) is 0 Å². The van der Waals surface area contributed by atoms with Crippen molar-refractivity contribution in [3.8, 4) is 11.8 Å². The quantitative estimate of drug-likeness (QED) is 0.419. The Kier molecular flexibility index (Phi) is 6.78. The minimum absolute atomic E-state index is 0.0135. The maximum absolute atomic E-state index is 14.0. The van der Waals surface area contributed by atoms with Gasteiger partial charge in [-0.1, -0.05) is 47.5 Å². The average molecular weight is 462 g/mol. The van der Waals surface area contributed by atoms with Crippen molar-refractivity contribution in [2.75, 3.05) is 0 Å². The standard InChI is InChI=1S/C22H14Cl2FNO3S/c23-16-9-10-22(29-14-19-20(24)7-4-8-21(19)25)15(11-16)12-18(13-26)30(27,28)17-5-2-1-3-6-17/h1-12H,14H2. The molecule has 0 bridgehead atoms. The molecule has 0 saturated carbocycles. The van der Waals surface area contributed by atoms with E-state index < -0.39 is 20.6 Å². The molecule has 0 heterocycles. The molecule has 30 heavy (non-hydrogen) atoms. The Hall–Kier alpha value is -2.85. The summed E-state index contributed by atoms with van der Waals surface area (Å²) in [5, 5.41) is 10.00. The number of allylic oxidation sites excluding steroid dienone is 1. The highest BCUT2D eigenvalue weighted by Gasteiger charge is 2.21. The van der Waals surface area contributed by atoms with Gasteiger partial charge in [-0.3, -0.25) is 0 Å². The van der Waals surface area contributed by atoms with Crippen molar-refractivity contribution >= 4 is 39.1 Å². The van der Waals surface area contributed by atoms with E-state index in [-0.39, 0.29) is 33.4 Å². The van der Waals surface area contributed by atoms with Gasteiger partial charge in [-0.2, -0.15) is 5.26 Å². The van der Waals surface area contributed by atoms with Crippen LogP contribution in [0.15, 0.2) is 76.5 Å².